The highest BCUT2D eigenvalue weighted by atomic mass is 16.5. The minimum absolute atomic E-state index is 0.195. The van der Waals surface area contributed by atoms with Crippen LogP contribution in [0.3, 0.4) is 0 Å². The Hall–Kier alpha value is -1.40. The van der Waals surface area contributed by atoms with Gasteiger partial charge in [-0.2, -0.15) is 0 Å². The van der Waals surface area contributed by atoms with Crippen LogP contribution in [0.5, 0.6) is 0 Å². The molecular weight excluding hydrogens is 198 g/mol. The number of nitrogens with zero attached hydrogens (tertiary/aromatic N) is 2. The van der Waals surface area contributed by atoms with Gasteiger partial charge in [-0.25, -0.2) is 9.78 Å². The summed E-state index contributed by atoms with van der Waals surface area (Å²) >= 11 is 0. The third kappa shape index (κ3) is 2.34. The summed E-state index contributed by atoms with van der Waals surface area (Å²) in [7, 11) is 1.32. The van der Waals surface area contributed by atoms with Gasteiger partial charge in [0.05, 0.1) is 31.8 Å². The maximum absolute atomic E-state index is 11.3. The van der Waals surface area contributed by atoms with E-state index in [1.807, 2.05) is 0 Å². The van der Waals surface area contributed by atoms with Crippen molar-refractivity contribution < 1.29 is 14.6 Å². The van der Waals surface area contributed by atoms with Crippen LogP contribution in [-0.2, 0) is 9.53 Å². The number of aliphatic hydroxyl groups excluding tert-OH is 1. The molecule has 1 rings (SSSR count). The number of hydrogen-bond acceptors (Lipinski definition) is 5. The lowest BCUT2D eigenvalue weighted by molar-refractivity contribution is -0.144. The molecule has 0 aromatic carbocycles. The molecule has 0 amide bonds. The maximum Gasteiger partial charge on any atom is 0.328 e. The monoisotopic (exact) mass is 213 g/mol. The predicted molar refractivity (Wildman–Crippen MR) is 53.0 cm³/mol. The van der Waals surface area contributed by atoms with Crippen LogP contribution in [0.4, 0.5) is 0 Å². The fourth-order valence-corrected chi connectivity index (χ4v) is 1.30. The molecule has 0 saturated carbocycles. The Morgan fingerprint density at radius 3 is 3.00 bits per heavy atom. The first kappa shape index (κ1) is 11.7. The second-order valence-electron chi connectivity index (χ2n) is 3.21. The quantitative estimate of drug-likeness (QED) is 0.665. The number of ether oxygens (including phenoxy) is 1. The van der Waals surface area contributed by atoms with Crippen molar-refractivity contribution >= 4 is 5.97 Å². The average Bonchev–Trinajstić information content (AvgIpc) is 2.74. The molecule has 6 heteroatoms. The minimum Gasteiger partial charge on any atom is -0.467 e. The smallest absolute Gasteiger partial charge is 0.328 e. The van der Waals surface area contributed by atoms with Crippen molar-refractivity contribution in [2.75, 3.05) is 13.7 Å². The van der Waals surface area contributed by atoms with Crippen molar-refractivity contribution in [1.29, 1.82) is 0 Å². The molecular formula is C9H15N3O3. The second kappa shape index (κ2) is 4.90. The maximum atomic E-state index is 11.3. The van der Waals surface area contributed by atoms with Crippen molar-refractivity contribution in [3.05, 3.63) is 18.2 Å². The number of rotatable bonds is 4. The topological polar surface area (TPSA) is 90.4 Å². The number of hydrogen-bond donors (Lipinski definition) is 2. The van der Waals surface area contributed by atoms with Crippen LogP contribution in [0.15, 0.2) is 12.5 Å². The van der Waals surface area contributed by atoms with Crippen LogP contribution in [0.25, 0.3) is 0 Å². The van der Waals surface area contributed by atoms with E-state index < -0.39 is 12.1 Å². The average molecular weight is 213 g/mol. The fourth-order valence-electron chi connectivity index (χ4n) is 1.30. The van der Waals surface area contributed by atoms with Gasteiger partial charge in [-0.15, -0.1) is 0 Å². The van der Waals surface area contributed by atoms with Gasteiger partial charge in [0.15, 0.2) is 0 Å². The summed E-state index contributed by atoms with van der Waals surface area (Å²) in [5, 5.41) is 8.93. The first-order chi connectivity index (χ1) is 7.11. The number of imidazole rings is 1. The van der Waals surface area contributed by atoms with Crippen molar-refractivity contribution in [2.24, 2.45) is 5.73 Å². The van der Waals surface area contributed by atoms with Crippen LogP contribution in [0, 0.1) is 0 Å². The van der Waals surface area contributed by atoms with Crippen molar-refractivity contribution in [3.8, 4) is 0 Å². The van der Waals surface area contributed by atoms with E-state index in [2.05, 4.69) is 9.72 Å². The van der Waals surface area contributed by atoms with Crippen LogP contribution >= 0.6 is 0 Å². The van der Waals surface area contributed by atoms with Gasteiger partial charge in [-0.1, -0.05) is 0 Å². The zero-order valence-electron chi connectivity index (χ0n) is 8.75. The summed E-state index contributed by atoms with van der Waals surface area (Å²) < 4.78 is 6.20. The predicted octanol–water partition coefficient (Wildman–Crippen LogP) is -0.391. The normalized spacial score (nSPS) is 14.7. The molecule has 1 heterocycles. The molecule has 0 aliphatic heterocycles. The Kier molecular flexibility index (Phi) is 3.81. The lowest BCUT2D eigenvalue weighted by atomic mass is 10.2. The standard InChI is InChI=1S/C9H15N3O3/c1-6(9(14)15-2)12-5-11-3-8(12)7(10)4-13/h3,5-7,13H,4,10H2,1-2H3. The molecule has 1 aromatic rings. The Balaban J connectivity index is 2.94. The summed E-state index contributed by atoms with van der Waals surface area (Å²) in [5.74, 6) is -0.376. The SMILES string of the molecule is COC(=O)C(C)n1cncc1C(N)CO. The van der Waals surface area contributed by atoms with Gasteiger partial charge < -0.3 is 20.1 Å². The summed E-state index contributed by atoms with van der Waals surface area (Å²) in [6.45, 7) is 1.49. The number of nitrogens with two attached hydrogens (primary N) is 1. The first-order valence-electron chi connectivity index (χ1n) is 4.57. The molecule has 0 aliphatic rings. The summed E-state index contributed by atoms with van der Waals surface area (Å²) in [6.07, 6.45) is 3.02. The van der Waals surface area contributed by atoms with E-state index in [9.17, 15) is 4.79 Å². The highest BCUT2D eigenvalue weighted by Crippen LogP contribution is 2.16. The Bertz CT molecular complexity index is 337. The number of aliphatic hydroxyl groups is 1. The van der Waals surface area contributed by atoms with Crippen molar-refractivity contribution in [2.45, 2.75) is 19.0 Å². The van der Waals surface area contributed by atoms with E-state index in [0.717, 1.165) is 0 Å². The van der Waals surface area contributed by atoms with E-state index >= 15 is 0 Å². The highest BCUT2D eigenvalue weighted by molar-refractivity contribution is 5.73. The third-order valence-corrected chi connectivity index (χ3v) is 2.23. The number of methoxy groups -OCH3 is 1. The van der Waals surface area contributed by atoms with Gasteiger partial charge in [-0.05, 0) is 6.92 Å². The van der Waals surface area contributed by atoms with E-state index in [0.29, 0.717) is 5.69 Å². The third-order valence-electron chi connectivity index (χ3n) is 2.23. The Morgan fingerprint density at radius 1 is 1.80 bits per heavy atom. The molecule has 0 bridgehead atoms. The molecule has 0 fully saturated rings. The molecule has 2 unspecified atom stereocenters. The molecule has 3 N–H and O–H groups in total. The van der Waals surface area contributed by atoms with Crippen molar-refractivity contribution in [1.82, 2.24) is 9.55 Å². The highest BCUT2D eigenvalue weighted by Gasteiger charge is 2.20. The van der Waals surface area contributed by atoms with Crippen LogP contribution in [-0.4, -0.2) is 34.3 Å². The van der Waals surface area contributed by atoms with Crippen molar-refractivity contribution in [3.63, 3.8) is 0 Å². The molecule has 2 atom stereocenters. The zero-order valence-corrected chi connectivity index (χ0v) is 8.75. The van der Waals surface area contributed by atoms with Gasteiger partial charge in [0.25, 0.3) is 0 Å². The van der Waals surface area contributed by atoms with Gasteiger partial charge in [0, 0.05) is 6.20 Å². The van der Waals surface area contributed by atoms with E-state index in [1.54, 1.807) is 11.5 Å². The molecule has 0 aliphatic carbocycles. The minimum atomic E-state index is -0.542. The number of aromatic nitrogens is 2. The van der Waals surface area contributed by atoms with E-state index in [4.69, 9.17) is 10.8 Å². The van der Waals surface area contributed by atoms with Crippen LogP contribution in [0.2, 0.25) is 0 Å². The molecule has 84 valence electrons. The number of carbonyl (C=O) groups is 1. The summed E-state index contributed by atoms with van der Waals surface area (Å²) in [5.41, 5.74) is 6.26. The van der Waals surface area contributed by atoms with Gasteiger partial charge in [0.2, 0.25) is 0 Å². The number of esters is 1. The lowest BCUT2D eigenvalue weighted by Crippen LogP contribution is -2.24. The summed E-state index contributed by atoms with van der Waals surface area (Å²) in [4.78, 5) is 15.2. The molecule has 1 aromatic heterocycles. The Morgan fingerprint density at radius 2 is 2.47 bits per heavy atom. The Labute approximate surface area is 87.7 Å². The zero-order chi connectivity index (χ0) is 11.4. The largest absolute Gasteiger partial charge is 0.467 e. The number of carbonyl (C=O) groups excluding carboxylic acids is 1. The first-order valence-corrected chi connectivity index (χ1v) is 4.57. The molecule has 15 heavy (non-hydrogen) atoms. The van der Waals surface area contributed by atoms with Crippen LogP contribution < -0.4 is 5.73 Å². The second-order valence-corrected chi connectivity index (χ2v) is 3.21. The van der Waals surface area contributed by atoms with Gasteiger partial charge in [0.1, 0.15) is 6.04 Å². The van der Waals surface area contributed by atoms with Gasteiger partial charge >= 0.3 is 5.97 Å². The fraction of sp³-hybridized carbons (Fsp3) is 0.556. The van der Waals surface area contributed by atoms with E-state index in [-0.39, 0.29) is 12.6 Å². The molecule has 0 saturated heterocycles. The summed E-state index contributed by atoms with van der Waals surface area (Å²) in [6, 6.07) is -1.04. The van der Waals surface area contributed by atoms with Crippen LogP contribution in [0.1, 0.15) is 24.7 Å². The molecule has 6 nitrogen and oxygen atoms in total. The van der Waals surface area contributed by atoms with E-state index in [1.165, 1.54) is 19.6 Å². The van der Waals surface area contributed by atoms with Gasteiger partial charge in [-0.3, -0.25) is 0 Å². The molecule has 0 spiro atoms. The lowest BCUT2D eigenvalue weighted by Gasteiger charge is -2.16. The molecule has 0 radical (unpaired) electrons.